The molecule has 2 heterocycles. The molecule has 1 aliphatic carbocycles. The van der Waals surface area contributed by atoms with Crippen LogP contribution in [0.5, 0.6) is 5.75 Å². The molecule has 2 aromatic carbocycles. The van der Waals surface area contributed by atoms with Crippen LogP contribution in [0.15, 0.2) is 60.0 Å². The van der Waals surface area contributed by atoms with E-state index in [4.69, 9.17) is 9.72 Å². The van der Waals surface area contributed by atoms with Crippen molar-refractivity contribution in [1.29, 1.82) is 0 Å². The molecule has 0 aliphatic heterocycles. The van der Waals surface area contributed by atoms with Gasteiger partial charge in [-0.1, -0.05) is 18.2 Å². The molecule has 0 fully saturated rings. The Balaban J connectivity index is 1.58. The van der Waals surface area contributed by atoms with Gasteiger partial charge in [0, 0.05) is 28.9 Å². The summed E-state index contributed by atoms with van der Waals surface area (Å²) in [5.74, 6) is 0.861. The molecular formula is C25H24N2OS. The minimum atomic E-state index is 0.769. The van der Waals surface area contributed by atoms with E-state index in [0.29, 0.717) is 0 Å². The molecule has 0 unspecified atom stereocenters. The SMILES string of the molecule is COc1ccccc1-c1nc2cc3c(cc2cc1CNCc1cccs1)CCC3. The number of hydrogen-bond acceptors (Lipinski definition) is 4. The van der Waals surface area contributed by atoms with Gasteiger partial charge in [-0.05, 0) is 77.7 Å². The van der Waals surface area contributed by atoms with Crippen LogP contribution in [-0.4, -0.2) is 12.1 Å². The lowest BCUT2D eigenvalue weighted by molar-refractivity contribution is 0.416. The van der Waals surface area contributed by atoms with E-state index >= 15 is 0 Å². The largest absolute Gasteiger partial charge is 0.496 e. The molecule has 4 aromatic rings. The average molecular weight is 401 g/mol. The fourth-order valence-electron chi connectivity index (χ4n) is 4.23. The number of benzene rings is 2. The number of aryl methyl sites for hydroxylation is 2. The van der Waals surface area contributed by atoms with Crippen LogP contribution in [0.2, 0.25) is 0 Å². The van der Waals surface area contributed by atoms with E-state index in [2.05, 4.69) is 53.2 Å². The van der Waals surface area contributed by atoms with Gasteiger partial charge in [0.25, 0.3) is 0 Å². The van der Waals surface area contributed by atoms with Crippen molar-refractivity contribution >= 4 is 22.2 Å². The maximum absolute atomic E-state index is 5.65. The lowest BCUT2D eigenvalue weighted by Crippen LogP contribution is -2.13. The van der Waals surface area contributed by atoms with E-state index in [1.165, 1.54) is 46.2 Å². The monoisotopic (exact) mass is 400 g/mol. The molecule has 0 radical (unpaired) electrons. The Bertz CT molecular complexity index is 1150. The number of rotatable bonds is 6. The predicted molar refractivity (Wildman–Crippen MR) is 121 cm³/mol. The van der Waals surface area contributed by atoms with Crippen LogP contribution in [0.3, 0.4) is 0 Å². The highest BCUT2D eigenvalue weighted by molar-refractivity contribution is 7.09. The smallest absolute Gasteiger partial charge is 0.128 e. The normalized spacial score (nSPS) is 13.0. The van der Waals surface area contributed by atoms with Crippen molar-refractivity contribution in [3.63, 3.8) is 0 Å². The fourth-order valence-corrected chi connectivity index (χ4v) is 4.91. The summed E-state index contributed by atoms with van der Waals surface area (Å²) in [6.07, 6.45) is 3.60. The zero-order valence-electron chi connectivity index (χ0n) is 16.6. The minimum absolute atomic E-state index is 0.769. The molecule has 3 nitrogen and oxygen atoms in total. The second-order valence-electron chi connectivity index (χ2n) is 7.55. The van der Waals surface area contributed by atoms with Crippen molar-refractivity contribution in [3.05, 3.63) is 81.5 Å². The number of hydrogen-bond donors (Lipinski definition) is 1. The molecule has 1 aliphatic rings. The Morgan fingerprint density at radius 2 is 1.86 bits per heavy atom. The summed E-state index contributed by atoms with van der Waals surface area (Å²) in [5.41, 5.74) is 7.28. The second kappa shape index (κ2) is 7.97. The lowest BCUT2D eigenvalue weighted by atomic mass is 10.00. The molecule has 1 N–H and O–H groups in total. The van der Waals surface area contributed by atoms with Crippen LogP contribution in [0, 0.1) is 0 Å². The van der Waals surface area contributed by atoms with E-state index in [0.717, 1.165) is 35.6 Å². The topological polar surface area (TPSA) is 34.1 Å². The average Bonchev–Trinajstić information content (AvgIpc) is 3.43. The molecule has 146 valence electrons. The fraction of sp³-hybridized carbons (Fsp3) is 0.240. The van der Waals surface area contributed by atoms with E-state index < -0.39 is 0 Å². The molecule has 0 saturated carbocycles. The summed E-state index contributed by atoms with van der Waals surface area (Å²) >= 11 is 1.78. The summed E-state index contributed by atoms with van der Waals surface area (Å²) in [6, 6.07) is 19.4. The van der Waals surface area contributed by atoms with Gasteiger partial charge in [0.05, 0.1) is 18.3 Å². The molecule has 29 heavy (non-hydrogen) atoms. The molecule has 0 spiro atoms. The van der Waals surface area contributed by atoms with Gasteiger partial charge < -0.3 is 10.1 Å². The number of thiophene rings is 1. The first kappa shape index (κ1) is 18.3. The van der Waals surface area contributed by atoms with Crippen molar-refractivity contribution in [2.75, 3.05) is 7.11 Å². The number of fused-ring (bicyclic) bond motifs is 2. The quantitative estimate of drug-likeness (QED) is 0.447. The summed E-state index contributed by atoms with van der Waals surface area (Å²) in [4.78, 5) is 6.47. The number of methoxy groups -OCH3 is 1. The van der Waals surface area contributed by atoms with E-state index in [1.807, 2.05) is 12.1 Å². The number of pyridine rings is 1. The number of ether oxygens (including phenoxy) is 1. The van der Waals surface area contributed by atoms with Gasteiger partial charge in [0.15, 0.2) is 0 Å². The van der Waals surface area contributed by atoms with Crippen LogP contribution in [0.1, 0.15) is 28.0 Å². The number of nitrogens with one attached hydrogen (secondary N) is 1. The maximum Gasteiger partial charge on any atom is 0.128 e. The number of nitrogens with zero attached hydrogens (tertiary/aromatic N) is 1. The zero-order valence-corrected chi connectivity index (χ0v) is 17.4. The number of para-hydroxylation sites is 1. The van der Waals surface area contributed by atoms with Gasteiger partial charge in [-0.15, -0.1) is 11.3 Å². The lowest BCUT2D eigenvalue weighted by Gasteiger charge is -2.15. The predicted octanol–water partition coefficient (Wildman–Crippen LogP) is 5.75. The molecule has 5 rings (SSSR count). The molecule has 0 saturated heterocycles. The molecule has 4 heteroatoms. The Hall–Kier alpha value is -2.69. The van der Waals surface area contributed by atoms with Crippen molar-refractivity contribution in [2.45, 2.75) is 32.4 Å². The highest BCUT2D eigenvalue weighted by atomic mass is 32.1. The standard InChI is InChI=1S/C25H24N2OS/c1-28-24-10-3-2-9-22(24)25-20(15-26-16-21-8-5-11-29-21)13-19-12-17-6-4-7-18(17)14-23(19)27-25/h2-3,5,8-14,26H,4,6-7,15-16H2,1H3. The van der Waals surface area contributed by atoms with Crippen LogP contribution in [0.4, 0.5) is 0 Å². The van der Waals surface area contributed by atoms with Crippen LogP contribution < -0.4 is 10.1 Å². The summed E-state index contributed by atoms with van der Waals surface area (Å²) in [5, 5.41) is 6.95. The Labute approximate surface area is 175 Å². The molecule has 0 bridgehead atoms. The third-order valence-corrected chi connectivity index (χ3v) is 6.54. The van der Waals surface area contributed by atoms with E-state index in [9.17, 15) is 0 Å². The molecule has 2 aromatic heterocycles. The highest BCUT2D eigenvalue weighted by Crippen LogP contribution is 2.34. The third-order valence-electron chi connectivity index (χ3n) is 5.66. The Kier molecular flexibility index (Phi) is 5.04. The van der Waals surface area contributed by atoms with Crippen LogP contribution >= 0.6 is 11.3 Å². The van der Waals surface area contributed by atoms with E-state index in [1.54, 1.807) is 18.4 Å². The zero-order chi connectivity index (χ0) is 19.6. The summed E-state index contributed by atoms with van der Waals surface area (Å²) < 4.78 is 5.65. The van der Waals surface area contributed by atoms with Crippen molar-refractivity contribution < 1.29 is 4.74 Å². The Morgan fingerprint density at radius 3 is 2.69 bits per heavy atom. The van der Waals surface area contributed by atoms with Crippen LogP contribution in [-0.2, 0) is 25.9 Å². The van der Waals surface area contributed by atoms with Crippen LogP contribution in [0.25, 0.3) is 22.2 Å². The third kappa shape index (κ3) is 3.66. The summed E-state index contributed by atoms with van der Waals surface area (Å²) in [7, 11) is 1.72. The molecule has 0 amide bonds. The summed E-state index contributed by atoms with van der Waals surface area (Å²) in [6.45, 7) is 1.64. The maximum atomic E-state index is 5.65. The van der Waals surface area contributed by atoms with Gasteiger partial charge >= 0.3 is 0 Å². The first-order chi connectivity index (χ1) is 14.3. The van der Waals surface area contributed by atoms with Gasteiger partial charge in [0.1, 0.15) is 5.75 Å². The minimum Gasteiger partial charge on any atom is -0.496 e. The van der Waals surface area contributed by atoms with Crippen molar-refractivity contribution in [3.8, 4) is 17.0 Å². The first-order valence-corrected chi connectivity index (χ1v) is 11.0. The molecule has 0 atom stereocenters. The number of aromatic nitrogens is 1. The van der Waals surface area contributed by atoms with Gasteiger partial charge in [-0.2, -0.15) is 0 Å². The highest BCUT2D eigenvalue weighted by Gasteiger charge is 2.17. The van der Waals surface area contributed by atoms with E-state index in [-0.39, 0.29) is 0 Å². The van der Waals surface area contributed by atoms with Crippen molar-refractivity contribution in [1.82, 2.24) is 10.3 Å². The molecular weight excluding hydrogens is 376 g/mol. The van der Waals surface area contributed by atoms with Crippen molar-refractivity contribution in [2.24, 2.45) is 0 Å². The van der Waals surface area contributed by atoms with Gasteiger partial charge in [-0.3, -0.25) is 0 Å². The van der Waals surface area contributed by atoms with Gasteiger partial charge in [-0.25, -0.2) is 4.98 Å². The first-order valence-electron chi connectivity index (χ1n) is 10.1. The van der Waals surface area contributed by atoms with Gasteiger partial charge in [0.2, 0.25) is 0 Å². The Morgan fingerprint density at radius 1 is 1.00 bits per heavy atom. The second-order valence-corrected chi connectivity index (χ2v) is 8.58.